The summed E-state index contributed by atoms with van der Waals surface area (Å²) in [4.78, 5) is 14.8. The van der Waals surface area contributed by atoms with Crippen LogP contribution < -0.4 is 0 Å². The van der Waals surface area contributed by atoms with Gasteiger partial charge in [0, 0.05) is 42.3 Å². The maximum Gasteiger partial charge on any atom is 0.180 e. The van der Waals surface area contributed by atoms with Gasteiger partial charge in [0.1, 0.15) is 12.6 Å². The number of alkyl halides is 1. The van der Waals surface area contributed by atoms with E-state index in [4.69, 9.17) is 14.2 Å². The van der Waals surface area contributed by atoms with Gasteiger partial charge >= 0.3 is 0 Å². The lowest BCUT2D eigenvalue weighted by Gasteiger charge is -2.62. The lowest BCUT2D eigenvalue weighted by atomic mass is 9.44. The number of ketones is 1. The van der Waals surface area contributed by atoms with Crippen LogP contribution in [-0.2, 0) is 29.8 Å². The van der Waals surface area contributed by atoms with Crippen LogP contribution in [0, 0.1) is 34.0 Å². The fraction of sp³-hybridized carbons (Fsp3) is 0.759. The van der Waals surface area contributed by atoms with Gasteiger partial charge in [-0.05, 0) is 61.5 Å². The molecule has 3 aliphatic rings. The molecule has 1 aromatic rings. The van der Waals surface area contributed by atoms with Crippen LogP contribution in [-0.4, -0.2) is 48.7 Å². The molecule has 0 aliphatic heterocycles. The Morgan fingerprint density at radius 1 is 1.11 bits per heavy atom. The van der Waals surface area contributed by atoms with E-state index in [1.807, 2.05) is 13.0 Å². The Morgan fingerprint density at radius 3 is 2.42 bits per heavy atom. The Balaban J connectivity index is 1.77. The van der Waals surface area contributed by atoms with Gasteiger partial charge in [-0.25, -0.2) is 4.39 Å². The quantitative estimate of drug-likeness (QED) is 0.396. The minimum Gasteiger partial charge on any atom is -0.381 e. The molecule has 10 atom stereocenters. The summed E-state index contributed by atoms with van der Waals surface area (Å²) in [5, 5.41) is 0. The van der Waals surface area contributed by atoms with E-state index < -0.39 is 21.7 Å². The summed E-state index contributed by atoms with van der Waals surface area (Å²) < 4.78 is 46.6. The molecule has 3 fully saturated rings. The molecule has 3 aliphatic carbocycles. The second-order valence-corrected chi connectivity index (χ2v) is 13.5. The van der Waals surface area contributed by atoms with Gasteiger partial charge in [-0.1, -0.05) is 45.9 Å². The van der Waals surface area contributed by atoms with Crippen molar-refractivity contribution in [1.82, 2.24) is 0 Å². The van der Waals surface area contributed by atoms with Gasteiger partial charge in [-0.2, -0.15) is 0 Å². The zero-order valence-corrected chi connectivity index (χ0v) is 23.4. The largest absolute Gasteiger partial charge is 0.381 e. The predicted octanol–water partition coefficient (Wildman–Crippen LogP) is 5.93. The van der Waals surface area contributed by atoms with Gasteiger partial charge in [0.25, 0.3) is 0 Å². The van der Waals surface area contributed by atoms with Crippen LogP contribution in [0.2, 0.25) is 0 Å². The van der Waals surface area contributed by atoms with Gasteiger partial charge in [0.2, 0.25) is 0 Å². The van der Waals surface area contributed by atoms with Crippen molar-refractivity contribution in [2.75, 3.05) is 21.0 Å². The number of benzene rings is 1. The number of ether oxygens (including phenoxy) is 3. The van der Waals surface area contributed by atoms with Gasteiger partial charge < -0.3 is 14.2 Å². The van der Waals surface area contributed by atoms with Crippen molar-refractivity contribution in [3.63, 3.8) is 0 Å². The molecule has 5 nitrogen and oxygen atoms in total. The number of hydrogen-bond acceptors (Lipinski definition) is 5. The maximum absolute atomic E-state index is 15.7. The van der Waals surface area contributed by atoms with E-state index in [1.165, 1.54) is 0 Å². The molecule has 0 heterocycles. The van der Waals surface area contributed by atoms with E-state index in [-0.39, 0.29) is 53.9 Å². The van der Waals surface area contributed by atoms with Gasteiger partial charge in [0.05, 0.1) is 23.0 Å². The SMILES string of the molecule is COCO[C@@H]1C[C@@](C)(CC(F)S(=O)c2ccccc2)C(=O)[C@H](C)C23CCC(OC)C2[C@@]1(C)[C@H](C)CC3. The summed E-state index contributed by atoms with van der Waals surface area (Å²) in [7, 11) is 1.53. The number of Topliss-reactive ketones (excluding diaryl/α,β-unsaturated/α-hetero) is 1. The zero-order chi connectivity index (χ0) is 26.3. The predicted molar refractivity (Wildman–Crippen MR) is 138 cm³/mol. The third kappa shape index (κ3) is 4.42. The van der Waals surface area contributed by atoms with E-state index in [0.29, 0.717) is 17.2 Å². The Morgan fingerprint density at radius 2 is 1.78 bits per heavy atom. The number of rotatable bonds is 8. The molecule has 5 unspecified atom stereocenters. The number of methoxy groups -OCH3 is 2. The summed E-state index contributed by atoms with van der Waals surface area (Å²) in [6, 6.07) is 8.69. The second kappa shape index (κ2) is 10.5. The van der Waals surface area contributed by atoms with Crippen molar-refractivity contribution < 1.29 is 27.6 Å². The third-order valence-electron chi connectivity index (χ3n) is 10.3. The molecular formula is C29H43FO5S. The van der Waals surface area contributed by atoms with Crippen molar-refractivity contribution >= 4 is 16.6 Å². The van der Waals surface area contributed by atoms with Crippen LogP contribution in [0.15, 0.2) is 35.2 Å². The monoisotopic (exact) mass is 522 g/mol. The van der Waals surface area contributed by atoms with Gasteiger partial charge in [-0.3, -0.25) is 9.00 Å². The molecule has 0 N–H and O–H groups in total. The highest BCUT2D eigenvalue weighted by molar-refractivity contribution is 7.85. The molecule has 1 aromatic carbocycles. The lowest BCUT2D eigenvalue weighted by Crippen LogP contribution is -2.63. The zero-order valence-electron chi connectivity index (χ0n) is 22.6. The molecule has 7 heteroatoms. The average molecular weight is 523 g/mol. The maximum atomic E-state index is 15.7. The minimum absolute atomic E-state index is 0.0607. The van der Waals surface area contributed by atoms with Crippen LogP contribution in [0.5, 0.6) is 0 Å². The van der Waals surface area contributed by atoms with Crippen molar-refractivity contribution in [2.24, 2.45) is 34.0 Å². The Bertz CT molecular complexity index is 958. The van der Waals surface area contributed by atoms with E-state index >= 15 is 4.39 Å². The van der Waals surface area contributed by atoms with E-state index in [0.717, 1.165) is 25.7 Å². The fourth-order valence-electron chi connectivity index (χ4n) is 8.20. The first-order valence-corrected chi connectivity index (χ1v) is 14.5. The van der Waals surface area contributed by atoms with E-state index in [9.17, 15) is 9.00 Å². The van der Waals surface area contributed by atoms with Gasteiger partial charge in [-0.15, -0.1) is 0 Å². The standard InChI is InChI=1S/C29H43FO5S/c1-19-12-14-29-15-13-22(34-6)25(29)28(19,4)23(35-18-33-5)16-27(3,26(31)20(29)2)17-24(30)36(32)21-10-8-7-9-11-21/h7-11,19-20,22-25H,12-18H2,1-6H3/t19-,20+,22?,23-,24?,25?,27+,28+,29?,36?/m1/s1. The average Bonchev–Trinajstić information content (AvgIpc) is 3.28. The van der Waals surface area contributed by atoms with Crippen LogP contribution in [0.4, 0.5) is 4.39 Å². The molecule has 0 aromatic heterocycles. The van der Waals surface area contributed by atoms with Crippen molar-refractivity contribution in [3.05, 3.63) is 30.3 Å². The number of carbonyl (C=O) groups excluding carboxylic acids is 1. The highest BCUT2D eigenvalue weighted by Gasteiger charge is 2.68. The molecule has 2 bridgehead atoms. The summed E-state index contributed by atoms with van der Waals surface area (Å²) >= 11 is 0. The first kappa shape index (κ1) is 27.9. The van der Waals surface area contributed by atoms with Crippen LogP contribution in [0.25, 0.3) is 0 Å². The minimum atomic E-state index is -1.85. The number of halogens is 1. The molecule has 4 rings (SSSR count). The Hall–Kier alpha value is -1.15. The molecular weight excluding hydrogens is 479 g/mol. The molecule has 202 valence electrons. The normalized spacial score (nSPS) is 42.3. The Labute approximate surface area is 218 Å². The summed E-state index contributed by atoms with van der Waals surface area (Å²) in [5.41, 5.74) is -3.14. The van der Waals surface area contributed by atoms with Crippen LogP contribution in [0.1, 0.15) is 66.2 Å². The van der Waals surface area contributed by atoms with Gasteiger partial charge in [0.15, 0.2) is 5.50 Å². The molecule has 3 saturated carbocycles. The smallest absolute Gasteiger partial charge is 0.180 e. The van der Waals surface area contributed by atoms with Crippen LogP contribution in [0.3, 0.4) is 0 Å². The fourth-order valence-corrected chi connectivity index (χ4v) is 9.44. The summed E-state index contributed by atoms with van der Waals surface area (Å²) in [6.45, 7) is 8.62. The molecule has 0 saturated heterocycles. The van der Waals surface area contributed by atoms with E-state index in [2.05, 4.69) is 20.8 Å². The third-order valence-corrected chi connectivity index (χ3v) is 11.7. The number of hydrogen-bond donors (Lipinski definition) is 0. The summed E-state index contributed by atoms with van der Waals surface area (Å²) in [6.07, 6.45) is 3.85. The number of carbonyl (C=O) groups is 1. The molecule has 36 heavy (non-hydrogen) atoms. The van der Waals surface area contributed by atoms with Crippen LogP contribution >= 0.6 is 0 Å². The van der Waals surface area contributed by atoms with Crippen molar-refractivity contribution in [1.29, 1.82) is 0 Å². The first-order chi connectivity index (χ1) is 17.0. The summed E-state index contributed by atoms with van der Waals surface area (Å²) in [5.74, 6) is 0.348. The van der Waals surface area contributed by atoms with Crippen molar-refractivity contribution in [2.45, 2.75) is 88.8 Å². The molecule has 0 radical (unpaired) electrons. The second-order valence-electron chi connectivity index (χ2n) is 12.0. The molecule has 0 amide bonds. The van der Waals surface area contributed by atoms with E-state index in [1.54, 1.807) is 38.5 Å². The lowest BCUT2D eigenvalue weighted by molar-refractivity contribution is -0.220. The Kier molecular flexibility index (Phi) is 8.17. The molecule has 0 spiro atoms. The first-order valence-electron chi connectivity index (χ1n) is 13.3. The highest BCUT2D eigenvalue weighted by Crippen LogP contribution is 2.69. The topological polar surface area (TPSA) is 61.8 Å². The highest BCUT2D eigenvalue weighted by atomic mass is 32.2. The van der Waals surface area contributed by atoms with Crippen molar-refractivity contribution in [3.8, 4) is 0 Å².